The monoisotopic (exact) mass is 822 g/mol. The molecule has 0 aliphatic carbocycles. The molecule has 13 aromatic carbocycles. The summed E-state index contributed by atoms with van der Waals surface area (Å²) in [6.45, 7) is 0. The van der Waals surface area contributed by atoms with Crippen molar-refractivity contribution in [3.63, 3.8) is 0 Å². The molecule has 0 radical (unpaired) electrons. The van der Waals surface area contributed by atoms with Crippen molar-refractivity contribution in [3.8, 4) is 44.5 Å². The average molecular weight is 823 g/mol. The van der Waals surface area contributed by atoms with Crippen LogP contribution in [0.15, 0.2) is 235 Å². The predicted molar refractivity (Wildman–Crippen MR) is 278 cm³/mol. The summed E-state index contributed by atoms with van der Waals surface area (Å²) in [5.41, 5.74) is 11.6. The van der Waals surface area contributed by atoms with Crippen LogP contribution in [0.25, 0.3) is 142 Å². The summed E-state index contributed by atoms with van der Waals surface area (Å²) in [4.78, 5) is 0. The molecule has 0 spiro atoms. The average Bonchev–Trinajstić information content (AvgIpc) is 3.78. The third-order valence-corrected chi connectivity index (χ3v) is 14.0. The number of furan rings is 1. The minimum Gasteiger partial charge on any atom is -0.455 e. The number of rotatable bonds is 4. The maximum absolute atomic E-state index is 6.99. The zero-order valence-electron chi connectivity index (χ0n) is 35.3. The van der Waals surface area contributed by atoms with Gasteiger partial charge in [-0.05, 0) is 139 Å². The highest BCUT2D eigenvalue weighted by atomic mass is 16.3. The zero-order chi connectivity index (χ0) is 42.6. The lowest BCUT2D eigenvalue weighted by Gasteiger charge is -2.20. The van der Waals surface area contributed by atoms with Crippen LogP contribution in [0, 0.1) is 0 Å². The van der Waals surface area contributed by atoms with E-state index in [1.165, 1.54) is 109 Å². The first kappa shape index (κ1) is 36.0. The second kappa shape index (κ2) is 14.0. The Labute approximate surface area is 375 Å². The number of hydrogen-bond acceptors (Lipinski definition) is 1. The van der Waals surface area contributed by atoms with Crippen molar-refractivity contribution >= 4 is 97.3 Å². The van der Waals surface area contributed by atoms with Gasteiger partial charge in [-0.2, -0.15) is 0 Å². The normalized spacial score (nSPS) is 12.0. The molecule has 65 heavy (non-hydrogen) atoms. The number of benzene rings is 13. The van der Waals surface area contributed by atoms with Crippen molar-refractivity contribution in [2.45, 2.75) is 0 Å². The molecule has 0 saturated heterocycles. The lowest BCUT2D eigenvalue weighted by Crippen LogP contribution is -1.93. The molecule has 1 heteroatoms. The predicted octanol–water partition coefficient (Wildman–Crippen LogP) is 18.3. The molecule has 0 bridgehead atoms. The minimum absolute atomic E-state index is 0.938. The summed E-state index contributed by atoms with van der Waals surface area (Å²) in [6.07, 6.45) is 0. The smallest absolute Gasteiger partial charge is 0.143 e. The van der Waals surface area contributed by atoms with Crippen LogP contribution in [0.3, 0.4) is 0 Å². The first-order chi connectivity index (χ1) is 32.2. The fourth-order valence-electron chi connectivity index (χ4n) is 11.1. The Hall–Kier alpha value is -8.52. The summed E-state index contributed by atoms with van der Waals surface area (Å²) in [5.74, 6) is 0. The molecule has 0 fully saturated rings. The molecule has 14 rings (SSSR count). The molecular formula is C64H38O. The van der Waals surface area contributed by atoms with Gasteiger partial charge < -0.3 is 4.42 Å². The van der Waals surface area contributed by atoms with Gasteiger partial charge in [-0.1, -0.05) is 200 Å². The van der Waals surface area contributed by atoms with Crippen LogP contribution in [-0.4, -0.2) is 0 Å². The quantitative estimate of drug-likeness (QED) is 0.127. The molecule has 0 aliphatic heterocycles. The molecule has 0 amide bonds. The van der Waals surface area contributed by atoms with Crippen molar-refractivity contribution in [1.82, 2.24) is 0 Å². The van der Waals surface area contributed by atoms with Gasteiger partial charge in [0.1, 0.15) is 11.2 Å². The van der Waals surface area contributed by atoms with Crippen molar-refractivity contribution in [1.29, 1.82) is 0 Å². The summed E-state index contributed by atoms with van der Waals surface area (Å²) < 4.78 is 6.99. The molecular weight excluding hydrogens is 785 g/mol. The van der Waals surface area contributed by atoms with Gasteiger partial charge in [-0.3, -0.25) is 0 Å². The summed E-state index contributed by atoms with van der Waals surface area (Å²) in [5, 5.41) is 19.4. The SMILES string of the molecule is c1cc(-c2ccc3c4ccccc4c4c5ccc6ccccc6c5oc4c3c2)cc(-c2c3ccccc3c(-c3cc(-c4cccc5ccccc45)cc4ccccc34)c3ccccc23)c1. The van der Waals surface area contributed by atoms with Crippen LogP contribution in [-0.2, 0) is 0 Å². The second-order valence-corrected chi connectivity index (χ2v) is 17.5. The molecule has 1 heterocycles. The van der Waals surface area contributed by atoms with E-state index in [2.05, 4.69) is 231 Å². The fraction of sp³-hybridized carbons (Fsp3) is 0. The van der Waals surface area contributed by atoms with Crippen LogP contribution < -0.4 is 0 Å². The molecule has 0 atom stereocenters. The Balaban J connectivity index is 0.991. The van der Waals surface area contributed by atoms with E-state index in [1.807, 2.05) is 0 Å². The topological polar surface area (TPSA) is 13.1 Å². The maximum atomic E-state index is 6.99. The Morgan fingerprint density at radius 2 is 0.723 bits per heavy atom. The van der Waals surface area contributed by atoms with E-state index in [-0.39, 0.29) is 0 Å². The molecule has 0 unspecified atom stereocenters. The minimum atomic E-state index is 0.938. The third kappa shape index (κ3) is 5.40. The Morgan fingerprint density at radius 1 is 0.215 bits per heavy atom. The zero-order valence-corrected chi connectivity index (χ0v) is 35.3. The van der Waals surface area contributed by atoms with Crippen molar-refractivity contribution < 1.29 is 4.42 Å². The van der Waals surface area contributed by atoms with Crippen LogP contribution in [0.4, 0.5) is 0 Å². The van der Waals surface area contributed by atoms with Crippen LogP contribution in [0.5, 0.6) is 0 Å². The van der Waals surface area contributed by atoms with E-state index in [0.29, 0.717) is 0 Å². The lowest BCUT2D eigenvalue weighted by molar-refractivity contribution is 0.676. The van der Waals surface area contributed by atoms with Gasteiger partial charge in [0.05, 0.1) is 0 Å². The maximum Gasteiger partial charge on any atom is 0.143 e. The largest absolute Gasteiger partial charge is 0.455 e. The van der Waals surface area contributed by atoms with Crippen LogP contribution >= 0.6 is 0 Å². The molecule has 0 aliphatic rings. The Bertz CT molecular complexity index is 4240. The summed E-state index contributed by atoms with van der Waals surface area (Å²) in [7, 11) is 0. The highest BCUT2D eigenvalue weighted by Crippen LogP contribution is 2.48. The Morgan fingerprint density at radius 3 is 1.46 bits per heavy atom. The van der Waals surface area contributed by atoms with Gasteiger partial charge in [0, 0.05) is 21.5 Å². The van der Waals surface area contributed by atoms with Gasteiger partial charge in [0.15, 0.2) is 0 Å². The van der Waals surface area contributed by atoms with Gasteiger partial charge in [0.2, 0.25) is 0 Å². The molecule has 1 nitrogen and oxygen atoms in total. The molecule has 300 valence electrons. The highest BCUT2D eigenvalue weighted by molar-refractivity contribution is 6.32. The van der Waals surface area contributed by atoms with Crippen LogP contribution in [0.2, 0.25) is 0 Å². The lowest BCUT2D eigenvalue weighted by atomic mass is 9.83. The van der Waals surface area contributed by atoms with Crippen molar-refractivity contribution in [2.24, 2.45) is 0 Å². The Kier molecular flexibility index (Phi) is 7.75. The van der Waals surface area contributed by atoms with Crippen molar-refractivity contribution in [3.05, 3.63) is 231 Å². The molecule has 1 aromatic heterocycles. The highest BCUT2D eigenvalue weighted by Gasteiger charge is 2.21. The van der Waals surface area contributed by atoms with Crippen LogP contribution in [0.1, 0.15) is 0 Å². The van der Waals surface area contributed by atoms with E-state index in [9.17, 15) is 0 Å². The third-order valence-electron chi connectivity index (χ3n) is 14.0. The first-order valence-corrected chi connectivity index (χ1v) is 22.5. The van der Waals surface area contributed by atoms with Gasteiger partial charge >= 0.3 is 0 Å². The summed E-state index contributed by atoms with van der Waals surface area (Å²) >= 11 is 0. The van der Waals surface area contributed by atoms with E-state index >= 15 is 0 Å². The fourth-order valence-corrected chi connectivity index (χ4v) is 11.1. The van der Waals surface area contributed by atoms with Gasteiger partial charge in [-0.15, -0.1) is 0 Å². The van der Waals surface area contributed by atoms with E-state index in [4.69, 9.17) is 4.42 Å². The van der Waals surface area contributed by atoms with E-state index in [0.717, 1.165) is 32.9 Å². The van der Waals surface area contributed by atoms with E-state index in [1.54, 1.807) is 0 Å². The standard InChI is InChI=1S/C64H38O/c1-4-21-46-39(15-1)18-14-30-48(46)45-36-43-17-3-5-22-47(43)58(38-45)61-55-28-11-9-26-53(55)60(54-27-10-12-29-56(54)61)44-20-13-19-41(35-44)42-32-33-51-50-24-7-8-25-52(50)62-57-34-31-40-16-2-6-23-49(40)63(57)65-64(62)59(51)37-42/h1-38H. The summed E-state index contributed by atoms with van der Waals surface area (Å²) in [6, 6.07) is 84.9. The van der Waals surface area contributed by atoms with Gasteiger partial charge in [0.25, 0.3) is 0 Å². The van der Waals surface area contributed by atoms with Gasteiger partial charge in [-0.25, -0.2) is 0 Å². The molecule has 14 aromatic rings. The first-order valence-electron chi connectivity index (χ1n) is 22.5. The number of fused-ring (bicyclic) bond motifs is 14. The second-order valence-electron chi connectivity index (χ2n) is 17.5. The molecule has 0 N–H and O–H groups in total. The number of hydrogen-bond donors (Lipinski definition) is 0. The van der Waals surface area contributed by atoms with Crippen molar-refractivity contribution in [2.75, 3.05) is 0 Å². The van der Waals surface area contributed by atoms with E-state index < -0.39 is 0 Å². The molecule has 0 saturated carbocycles.